The van der Waals surface area contributed by atoms with Gasteiger partial charge in [0.25, 0.3) is 0 Å². The molecule has 1 rings (SSSR count). The van der Waals surface area contributed by atoms with E-state index in [2.05, 4.69) is 0 Å². The second-order valence-corrected chi connectivity index (χ2v) is 6.64. The van der Waals surface area contributed by atoms with E-state index in [0.29, 0.717) is 6.42 Å². The van der Waals surface area contributed by atoms with Gasteiger partial charge in [0.1, 0.15) is 16.8 Å². The van der Waals surface area contributed by atoms with Crippen molar-refractivity contribution in [1.29, 1.82) is 0 Å². The van der Waals surface area contributed by atoms with E-state index >= 15 is 0 Å². The van der Waals surface area contributed by atoms with Crippen LogP contribution >= 0.6 is 0 Å². The van der Waals surface area contributed by atoms with E-state index in [1.54, 1.807) is 13.8 Å². The fourth-order valence-electron chi connectivity index (χ4n) is 1.92. The van der Waals surface area contributed by atoms with Gasteiger partial charge in [0, 0.05) is 12.1 Å². The molecular formula is C14H20FNO6S. The standard InChI is InChI=1S/C14H20FNO6S/c1-5-8(2)13(14(17)18)16-23(19,20)12-7-11(22-4)10(21-3)6-9(12)15/h6-8,13,16H,5H2,1-4H3,(H,17,18)/t8-,13-/m0/s1. The number of carbonyl (C=O) groups is 1. The molecule has 0 spiro atoms. The van der Waals surface area contributed by atoms with Crippen molar-refractivity contribution in [3.63, 3.8) is 0 Å². The van der Waals surface area contributed by atoms with Crippen LogP contribution in [0, 0.1) is 11.7 Å². The van der Waals surface area contributed by atoms with Crippen LogP contribution in [0.5, 0.6) is 11.5 Å². The van der Waals surface area contributed by atoms with Gasteiger partial charge in [-0.1, -0.05) is 20.3 Å². The number of benzene rings is 1. The number of halogens is 1. The van der Waals surface area contributed by atoms with Crippen molar-refractivity contribution in [2.24, 2.45) is 5.92 Å². The van der Waals surface area contributed by atoms with Crippen LogP contribution in [0.15, 0.2) is 17.0 Å². The second kappa shape index (κ2) is 7.60. The molecule has 0 radical (unpaired) electrons. The normalized spacial score (nSPS) is 14.1. The zero-order valence-corrected chi connectivity index (χ0v) is 14.1. The fraction of sp³-hybridized carbons (Fsp3) is 0.500. The zero-order chi connectivity index (χ0) is 17.8. The van der Waals surface area contributed by atoms with Crippen LogP contribution in [-0.4, -0.2) is 39.8 Å². The maximum absolute atomic E-state index is 14.1. The van der Waals surface area contributed by atoms with Gasteiger partial charge in [-0.15, -0.1) is 0 Å². The molecule has 0 fully saturated rings. The van der Waals surface area contributed by atoms with Crippen molar-refractivity contribution < 1.29 is 32.2 Å². The molecule has 0 aliphatic heterocycles. The highest BCUT2D eigenvalue weighted by Gasteiger charge is 2.31. The number of aliphatic carboxylic acids is 1. The lowest BCUT2D eigenvalue weighted by Crippen LogP contribution is -2.45. The lowest BCUT2D eigenvalue weighted by atomic mass is 10.0. The summed E-state index contributed by atoms with van der Waals surface area (Å²) in [5.41, 5.74) is 0. The summed E-state index contributed by atoms with van der Waals surface area (Å²) in [4.78, 5) is 10.5. The Morgan fingerprint density at radius 1 is 1.30 bits per heavy atom. The van der Waals surface area contributed by atoms with Crippen LogP contribution in [0.4, 0.5) is 4.39 Å². The maximum atomic E-state index is 14.1. The second-order valence-electron chi connectivity index (χ2n) is 4.96. The number of hydrogen-bond donors (Lipinski definition) is 2. The highest BCUT2D eigenvalue weighted by molar-refractivity contribution is 7.89. The molecule has 1 aromatic rings. The Bertz CT molecular complexity index is 676. The Balaban J connectivity index is 3.30. The Morgan fingerprint density at radius 2 is 1.83 bits per heavy atom. The third kappa shape index (κ3) is 4.32. The highest BCUT2D eigenvalue weighted by Crippen LogP contribution is 2.32. The van der Waals surface area contributed by atoms with Crippen molar-refractivity contribution in [1.82, 2.24) is 4.72 Å². The van der Waals surface area contributed by atoms with Gasteiger partial charge < -0.3 is 14.6 Å². The van der Waals surface area contributed by atoms with Crippen molar-refractivity contribution in [3.05, 3.63) is 17.9 Å². The third-order valence-corrected chi connectivity index (χ3v) is 4.94. The summed E-state index contributed by atoms with van der Waals surface area (Å²) >= 11 is 0. The fourth-order valence-corrected chi connectivity index (χ4v) is 3.29. The summed E-state index contributed by atoms with van der Waals surface area (Å²) in [6.07, 6.45) is 0.438. The van der Waals surface area contributed by atoms with Gasteiger partial charge in [-0.05, 0) is 5.92 Å². The summed E-state index contributed by atoms with van der Waals surface area (Å²) < 4.78 is 50.6. The van der Waals surface area contributed by atoms with Gasteiger partial charge in [-0.3, -0.25) is 4.79 Å². The third-order valence-electron chi connectivity index (χ3n) is 3.49. The van der Waals surface area contributed by atoms with E-state index in [-0.39, 0.29) is 11.5 Å². The van der Waals surface area contributed by atoms with E-state index in [4.69, 9.17) is 9.47 Å². The van der Waals surface area contributed by atoms with E-state index in [9.17, 15) is 22.7 Å². The number of sulfonamides is 1. The van der Waals surface area contributed by atoms with Gasteiger partial charge in [0.2, 0.25) is 10.0 Å². The van der Waals surface area contributed by atoms with Gasteiger partial charge >= 0.3 is 5.97 Å². The minimum Gasteiger partial charge on any atom is -0.493 e. The molecule has 2 N–H and O–H groups in total. The minimum atomic E-state index is -4.39. The average molecular weight is 349 g/mol. The van der Waals surface area contributed by atoms with E-state index < -0.39 is 38.7 Å². The number of nitrogens with one attached hydrogen (secondary N) is 1. The molecule has 0 amide bonds. The van der Waals surface area contributed by atoms with E-state index in [1.807, 2.05) is 4.72 Å². The Hall–Kier alpha value is -1.87. The molecule has 7 nitrogen and oxygen atoms in total. The predicted octanol–water partition coefficient (Wildman–Crippen LogP) is 1.62. The van der Waals surface area contributed by atoms with Gasteiger partial charge in [-0.25, -0.2) is 12.8 Å². The summed E-state index contributed by atoms with van der Waals surface area (Å²) in [6.45, 7) is 3.32. The molecule has 0 unspecified atom stereocenters. The Morgan fingerprint density at radius 3 is 2.26 bits per heavy atom. The molecule has 0 aliphatic carbocycles. The number of carboxylic acids is 1. The molecule has 0 saturated heterocycles. The first kappa shape index (κ1) is 19.2. The molecule has 1 aromatic carbocycles. The van der Waals surface area contributed by atoms with Crippen LogP contribution < -0.4 is 14.2 Å². The van der Waals surface area contributed by atoms with Crippen LogP contribution in [0.1, 0.15) is 20.3 Å². The lowest BCUT2D eigenvalue weighted by molar-refractivity contribution is -0.140. The number of methoxy groups -OCH3 is 2. The van der Waals surface area contributed by atoms with Gasteiger partial charge in [0.15, 0.2) is 11.5 Å². The molecule has 2 atom stereocenters. The first-order valence-electron chi connectivity index (χ1n) is 6.84. The lowest BCUT2D eigenvalue weighted by Gasteiger charge is -2.20. The summed E-state index contributed by atoms with van der Waals surface area (Å²) in [7, 11) is -1.83. The van der Waals surface area contributed by atoms with Crippen LogP contribution in [0.2, 0.25) is 0 Å². The monoisotopic (exact) mass is 349 g/mol. The zero-order valence-electron chi connectivity index (χ0n) is 13.3. The average Bonchev–Trinajstić information content (AvgIpc) is 2.50. The first-order valence-corrected chi connectivity index (χ1v) is 8.32. The van der Waals surface area contributed by atoms with Crippen molar-refractivity contribution in [2.45, 2.75) is 31.2 Å². The maximum Gasteiger partial charge on any atom is 0.322 e. The largest absolute Gasteiger partial charge is 0.493 e. The Labute approximate surface area is 134 Å². The summed E-state index contributed by atoms with van der Waals surface area (Å²) in [5, 5.41) is 9.17. The quantitative estimate of drug-likeness (QED) is 0.739. The number of rotatable bonds is 8. The summed E-state index contributed by atoms with van der Waals surface area (Å²) in [5.74, 6) is -2.82. The molecule has 0 aromatic heterocycles. The number of hydrogen-bond acceptors (Lipinski definition) is 5. The van der Waals surface area contributed by atoms with Gasteiger partial charge in [-0.2, -0.15) is 4.72 Å². The van der Waals surface area contributed by atoms with Crippen LogP contribution in [-0.2, 0) is 14.8 Å². The molecule has 130 valence electrons. The molecule has 0 aliphatic rings. The molecular weight excluding hydrogens is 329 g/mol. The SMILES string of the molecule is CC[C@H](C)[C@H](NS(=O)(=O)c1cc(OC)c(OC)cc1F)C(=O)O. The van der Waals surface area contributed by atoms with Crippen LogP contribution in [0.3, 0.4) is 0 Å². The molecule has 9 heteroatoms. The smallest absolute Gasteiger partial charge is 0.322 e. The van der Waals surface area contributed by atoms with Crippen molar-refractivity contribution in [2.75, 3.05) is 14.2 Å². The number of ether oxygens (including phenoxy) is 2. The minimum absolute atomic E-state index is 0.0182. The molecule has 0 bridgehead atoms. The van der Waals surface area contributed by atoms with E-state index in [0.717, 1.165) is 12.1 Å². The molecule has 0 saturated carbocycles. The number of carboxylic acid groups (broad SMARTS) is 1. The van der Waals surface area contributed by atoms with Crippen molar-refractivity contribution in [3.8, 4) is 11.5 Å². The summed E-state index contributed by atoms with van der Waals surface area (Å²) in [6, 6.07) is 0.454. The van der Waals surface area contributed by atoms with Gasteiger partial charge in [0.05, 0.1) is 14.2 Å². The van der Waals surface area contributed by atoms with Crippen LogP contribution in [0.25, 0.3) is 0 Å². The van der Waals surface area contributed by atoms with E-state index in [1.165, 1.54) is 14.2 Å². The predicted molar refractivity (Wildman–Crippen MR) is 80.7 cm³/mol. The highest BCUT2D eigenvalue weighted by atomic mass is 32.2. The Kier molecular flexibility index (Phi) is 6.34. The first-order chi connectivity index (χ1) is 10.7. The molecule has 0 heterocycles. The van der Waals surface area contributed by atoms with Crippen molar-refractivity contribution >= 4 is 16.0 Å². The topological polar surface area (TPSA) is 102 Å². The molecule has 23 heavy (non-hydrogen) atoms.